The molecule has 1 amide bonds. The molecule has 0 saturated heterocycles. The van der Waals surface area contributed by atoms with Crippen molar-refractivity contribution in [3.8, 4) is 0 Å². The first-order valence-electron chi connectivity index (χ1n) is 9.26. The summed E-state index contributed by atoms with van der Waals surface area (Å²) in [4.78, 5) is 30.3. The van der Waals surface area contributed by atoms with E-state index in [1.54, 1.807) is 11.3 Å². The van der Waals surface area contributed by atoms with Crippen molar-refractivity contribution in [1.29, 1.82) is 0 Å². The molecule has 0 aliphatic heterocycles. The average Bonchev–Trinajstić information content (AvgIpc) is 3.37. The summed E-state index contributed by atoms with van der Waals surface area (Å²) < 4.78 is 1.44. The number of rotatable bonds is 6. The van der Waals surface area contributed by atoms with Crippen molar-refractivity contribution in [2.24, 2.45) is 0 Å². The zero-order valence-corrected chi connectivity index (χ0v) is 15.8. The lowest BCUT2D eigenvalue weighted by Crippen LogP contribution is -2.34. The summed E-state index contributed by atoms with van der Waals surface area (Å²) in [7, 11) is 0. The minimum atomic E-state index is -0.402. The van der Waals surface area contributed by atoms with Crippen molar-refractivity contribution >= 4 is 34.0 Å². The summed E-state index contributed by atoms with van der Waals surface area (Å²) in [6.45, 7) is 0.430. The van der Waals surface area contributed by atoms with E-state index in [9.17, 15) is 9.59 Å². The van der Waals surface area contributed by atoms with Gasteiger partial charge < -0.3 is 10.6 Å². The van der Waals surface area contributed by atoms with Crippen LogP contribution in [0.1, 0.15) is 30.6 Å². The third kappa shape index (κ3) is 4.03. The van der Waals surface area contributed by atoms with Crippen LogP contribution in [0.5, 0.6) is 0 Å². The van der Waals surface area contributed by atoms with Crippen LogP contribution in [-0.2, 0) is 17.9 Å². The zero-order valence-electron chi connectivity index (χ0n) is 15.0. The number of nitrogens with one attached hydrogen (secondary N) is 2. The molecular weight excluding hydrogens is 360 g/mol. The Kier molecular flexibility index (Phi) is 5.20. The Bertz CT molecular complexity index is 991. The zero-order chi connectivity index (χ0) is 18.6. The first-order chi connectivity index (χ1) is 13.2. The van der Waals surface area contributed by atoms with E-state index in [1.165, 1.54) is 17.4 Å². The van der Waals surface area contributed by atoms with Crippen LogP contribution in [0.15, 0.2) is 46.6 Å². The van der Waals surface area contributed by atoms with E-state index in [0.29, 0.717) is 18.4 Å². The van der Waals surface area contributed by atoms with Crippen molar-refractivity contribution in [3.05, 3.63) is 57.1 Å². The van der Waals surface area contributed by atoms with Crippen molar-refractivity contribution in [3.63, 3.8) is 0 Å². The van der Waals surface area contributed by atoms with Gasteiger partial charge in [-0.2, -0.15) is 4.98 Å². The highest BCUT2D eigenvalue weighted by atomic mass is 32.1. The van der Waals surface area contributed by atoms with Crippen molar-refractivity contribution in [2.75, 3.05) is 5.32 Å². The van der Waals surface area contributed by atoms with Crippen LogP contribution in [0.4, 0.5) is 5.82 Å². The normalized spacial score (nSPS) is 14.5. The van der Waals surface area contributed by atoms with Crippen LogP contribution >= 0.6 is 11.3 Å². The SMILES string of the molecule is O=C(Cn1c(=O)nc(NC2CCCC2)c2ccccc21)NCc1cccs1. The highest BCUT2D eigenvalue weighted by Gasteiger charge is 2.18. The Hall–Kier alpha value is -2.67. The van der Waals surface area contributed by atoms with Gasteiger partial charge in [-0.1, -0.05) is 31.0 Å². The molecule has 7 heteroatoms. The number of anilines is 1. The molecular formula is C20H22N4O2S. The van der Waals surface area contributed by atoms with Gasteiger partial charge in [0.25, 0.3) is 0 Å². The van der Waals surface area contributed by atoms with E-state index in [0.717, 1.165) is 28.6 Å². The fourth-order valence-electron chi connectivity index (χ4n) is 3.55. The molecule has 1 aromatic carbocycles. The van der Waals surface area contributed by atoms with E-state index in [2.05, 4.69) is 15.6 Å². The van der Waals surface area contributed by atoms with Gasteiger partial charge in [-0.05, 0) is 36.4 Å². The molecule has 2 N–H and O–H groups in total. The summed E-state index contributed by atoms with van der Waals surface area (Å²) in [5.41, 5.74) is 0.324. The molecule has 1 aliphatic carbocycles. The standard InChI is InChI=1S/C20H22N4O2S/c25-18(21-12-15-8-5-11-27-15)13-24-17-10-4-3-9-16(17)19(23-20(24)26)22-14-6-1-2-7-14/h3-5,8-11,14H,1-2,6-7,12-13H2,(H,21,25)(H,22,23,26). The smallest absolute Gasteiger partial charge is 0.350 e. The molecule has 0 bridgehead atoms. The summed E-state index contributed by atoms with van der Waals surface area (Å²) in [5, 5.41) is 9.13. The van der Waals surface area contributed by atoms with Gasteiger partial charge in [0.1, 0.15) is 12.4 Å². The lowest BCUT2D eigenvalue weighted by atomic mass is 10.2. The number of hydrogen-bond acceptors (Lipinski definition) is 5. The summed E-state index contributed by atoms with van der Waals surface area (Å²) >= 11 is 1.59. The molecule has 4 rings (SSSR count). The predicted molar refractivity (Wildman–Crippen MR) is 108 cm³/mol. The number of amides is 1. The highest BCUT2D eigenvalue weighted by molar-refractivity contribution is 7.09. The Morgan fingerprint density at radius 2 is 2.00 bits per heavy atom. The Balaban J connectivity index is 1.58. The third-order valence-electron chi connectivity index (χ3n) is 4.93. The number of nitrogens with zero attached hydrogens (tertiary/aromatic N) is 2. The van der Waals surface area contributed by atoms with E-state index in [4.69, 9.17) is 0 Å². The fourth-order valence-corrected chi connectivity index (χ4v) is 4.20. The molecule has 6 nitrogen and oxygen atoms in total. The maximum Gasteiger partial charge on any atom is 0.350 e. The van der Waals surface area contributed by atoms with Crippen LogP contribution in [-0.4, -0.2) is 21.5 Å². The molecule has 1 fully saturated rings. The van der Waals surface area contributed by atoms with E-state index < -0.39 is 5.69 Å². The molecule has 1 saturated carbocycles. The molecule has 2 aromatic heterocycles. The van der Waals surface area contributed by atoms with Crippen LogP contribution in [0.2, 0.25) is 0 Å². The molecule has 1 aliphatic rings. The number of aromatic nitrogens is 2. The number of fused-ring (bicyclic) bond motifs is 1. The number of carbonyl (C=O) groups excluding carboxylic acids is 1. The second-order valence-corrected chi connectivity index (χ2v) is 7.86. The number of carbonyl (C=O) groups is 1. The van der Waals surface area contributed by atoms with Crippen LogP contribution in [0, 0.1) is 0 Å². The number of hydrogen-bond donors (Lipinski definition) is 2. The monoisotopic (exact) mass is 382 g/mol. The summed E-state index contributed by atoms with van der Waals surface area (Å²) in [6.07, 6.45) is 4.61. The van der Waals surface area contributed by atoms with Gasteiger partial charge in [-0.25, -0.2) is 4.79 Å². The van der Waals surface area contributed by atoms with Gasteiger partial charge in [0, 0.05) is 16.3 Å². The van der Waals surface area contributed by atoms with Gasteiger partial charge in [-0.3, -0.25) is 9.36 Å². The first kappa shape index (κ1) is 17.7. The average molecular weight is 382 g/mol. The molecule has 140 valence electrons. The summed E-state index contributed by atoms with van der Waals surface area (Å²) in [6, 6.07) is 11.9. The Morgan fingerprint density at radius 1 is 1.19 bits per heavy atom. The van der Waals surface area contributed by atoms with Crippen molar-refractivity contribution in [2.45, 2.75) is 44.8 Å². The molecule has 0 spiro atoms. The molecule has 2 heterocycles. The molecule has 27 heavy (non-hydrogen) atoms. The Morgan fingerprint density at radius 3 is 2.78 bits per heavy atom. The number of thiophene rings is 1. The fraction of sp³-hybridized carbons (Fsp3) is 0.350. The van der Waals surface area contributed by atoms with Crippen LogP contribution < -0.4 is 16.3 Å². The lowest BCUT2D eigenvalue weighted by molar-refractivity contribution is -0.121. The lowest BCUT2D eigenvalue weighted by Gasteiger charge is -2.16. The van der Waals surface area contributed by atoms with Gasteiger partial charge >= 0.3 is 5.69 Å². The molecule has 0 unspecified atom stereocenters. The van der Waals surface area contributed by atoms with Gasteiger partial charge in [-0.15, -0.1) is 11.3 Å². The highest BCUT2D eigenvalue weighted by Crippen LogP contribution is 2.25. The van der Waals surface area contributed by atoms with E-state index in [-0.39, 0.29) is 12.5 Å². The topological polar surface area (TPSA) is 76.0 Å². The van der Waals surface area contributed by atoms with Crippen molar-refractivity contribution < 1.29 is 4.79 Å². The number of benzene rings is 1. The van der Waals surface area contributed by atoms with E-state index >= 15 is 0 Å². The molecule has 0 atom stereocenters. The third-order valence-corrected chi connectivity index (χ3v) is 5.80. The van der Waals surface area contributed by atoms with Gasteiger partial charge in [0.2, 0.25) is 5.91 Å². The number of para-hydroxylation sites is 1. The van der Waals surface area contributed by atoms with Crippen LogP contribution in [0.25, 0.3) is 10.9 Å². The maximum atomic E-state index is 12.6. The summed E-state index contributed by atoms with van der Waals surface area (Å²) in [5.74, 6) is 0.423. The quantitative estimate of drug-likeness (QED) is 0.687. The minimum Gasteiger partial charge on any atom is -0.367 e. The van der Waals surface area contributed by atoms with Gasteiger partial charge in [0.05, 0.1) is 12.1 Å². The van der Waals surface area contributed by atoms with Crippen molar-refractivity contribution in [1.82, 2.24) is 14.9 Å². The maximum absolute atomic E-state index is 12.6. The van der Waals surface area contributed by atoms with E-state index in [1.807, 2.05) is 41.8 Å². The molecule has 0 radical (unpaired) electrons. The molecule has 3 aromatic rings. The van der Waals surface area contributed by atoms with Gasteiger partial charge in [0.15, 0.2) is 0 Å². The second-order valence-electron chi connectivity index (χ2n) is 6.83. The second kappa shape index (κ2) is 7.92. The first-order valence-corrected chi connectivity index (χ1v) is 10.1. The largest absolute Gasteiger partial charge is 0.367 e. The minimum absolute atomic E-state index is 0.0402. The predicted octanol–water partition coefficient (Wildman–Crippen LogP) is 3.13. The Labute approximate surface area is 161 Å². The van der Waals surface area contributed by atoms with Crippen LogP contribution in [0.3, 0.4) is 0 Å².